The first-order valence-corrected chi connectivity index (χ1v) is 6.96. The Labute approximate surface area is 115 Å². The molecule has 1 fully saturated rings. The Balaban J connectivity index is 1.76. The second-order valence-corrected chi connectivity index (χ2v) is 5.29. The molecule has 1 saturated heterocycles. The van der Waals surface area contributed by atoms with Crippen LogP contribution in [0.15, 0.2) is 24.3 Å². The van der Waals surface area contributed by atoms with Crippen LogP contribution in [0, 0.1) is 0 Å². The second-order valence-electron chi connectivity index (χ2n) is 5.29. The molecule has 0 spiro atoms. The maximum Gasteiger partial charge on any atom is 0.236 e. The third kappa shape index (κ3) is 4.24. The van der Waals surface area contributed by atoms with Gasteiger partial charge in [0.25, 0.3) is 0 Å². The fourth-order valence-corrected chi connectivity index (χ4v) is 2.43. The van der Waals surface area contributed by atoms with E-state index in [2.05, 4.69) is 17.0 Å². The molecule has 4 nitrogen and oxygen atoms in total. The van der Waals surface area contributed by atoms with Crippen molar-refractivity contribution in [3.05, 3.63) is 29.8 Å². The van der Waals surface area contributed by atoms with E-state index in [-0.39, 0.29) is 5.91 Å². The van der Waals surface area contributed by atoms with Crippen LogP contribution in [0.2, 0.25) is 0 Å². The van der Waals surface area contributed by atoms with Crippen LogP contribution in [0.1, 0.15) is 18.4 Å². The predicted molar refractivity (Wildman–Crippen MR) is 77.9 cm³/mol. The summed E-state index contributed by atoms with van der Waals surface area (Å²) in [7, 11) is 1.89. The molecule has 0 unspecified atom stereocenters. The monoisotopic (exact) mass is 261 g/mol. The average molecular weight is 261 g/mol. The molecule has 2 rings (SSSR count). The van der Waals surface area contributed by atoms with Crippen molar-refractivity contribution in [3.8, 4) is 0 Å². The molecule has 0 radical (unpaired) electrons. The van der Waals surface area contributed by atoms with Gasteiger partial charge in [0.1, 0.15) is 0 Å². The third-order valence-corrected chi connectivity index (χ3v) is 3.67. The molecule has 0 saturated carbocycles. The molecule has 1 aromatic carbocycles. The molecule has 0 aromatic heterocycles. The largest absolute Gasteiger partial charge is 0.399 e. The van der Waals surface area contributed by atoms with Crippen molar-refractivity contribution in [2.75, 3.05) is 39.0 Å². The number of nitrogens with two attached hydrogens (primary N) is 1. The van der Waals surface area contributed by atoms with Crippen molar-refractivity contribution in [1.82, 2.24) is 9.80 Å². The Morgan fingerprint density at radius 2 is 1.95 bits per heavy atom. The molecular weight excluding hydrogens is 238 g/mol. The van der Waals surface area contributed by atoms with E-state index in [1.807, 2.05) is 24.1 Å². The zero-order valence-electron chi connectivity index (χ0n) is 11.6. The number of benzene rings is 1. The lowest BCUT2D eigenvalue weighted by atomic mass is 10.1. The standard InChI is InChI=1S/C15H23N3O/c1-17-9-3-11-18(12-15(17)19)10-2-4-13-5-7-14(16)8-6-13/h5-8H,2-4,9-12,16H2,1H3. The fourth-order valence-electron chi connectivity index (χ4n) is 2.43. The van der Waals surface area contributed by atoms with Crippen molar-refractivity contribution >= 4 is 11.6 Å². The molecule has 4 heteroatoms. The summed E-state index contributed by atoms with van der Waals surface area (Å²) in [6, 6.07) is 8.05. The maximum atomic E-state index is 11.8. The molecule has 1 amide bonds. The lowest BCUT2D eigenvalue weighted by Crippen LogP contribution is -2.34. The van der Waals surface area contributed by atoms with Gasteiger partial charge in [-0.2, -0.15) is 0 Å². The topological polar surface area (TPSA) is 49.6 Å². The number of anilines is 1. The highest BCUT2D eigenvalue weighted by Gasteiger charge is 2.17. The summed E-state index contributed by atoms with van der Waals surface area (Å²) in [4.78, 5) is 15.9. The number of nitrogens with zero attached hydrogens (tertiary/aromatic N) is 2. The Morgan fingerprint density at radius 1 is 1.21 bits per heavy atom. The van der Waals surface area contributed by atoms with E-state index in [0.29, 0.717) is 6.54 Å². The number of rotatable bonds is 4. The van der Waals surface area contributed by atoms with Gasteiger partial charge in [0, 0.05) is 25.8 Å². The van der Waals surface area contributed by atoms with Gasteiger partial charge in [0.05, 0.1) is 6.54 Å². The lowest BCUT2D eigenvalue weighted by Gasteiger charge is -2.19. The summed E-state index contributed by atoms with van der Waals surface area (Å²) in [5.74, 6) is 0.241. The quantitative estimate of drug-likeness (QED) is 0.833. The Hall–Kier alpha value is -1.55. The molecule has 1 aliphatic heterocycles. The molecule has 1 heterocycles. The van der Waals surface area contributed by atoms with E-state index in [9.17, 15) is 4.79 Å². The number of aryl methyl sites for hydroxylation is 1. The number of likely N-dealkylation sites (N-methyl/N-ethyl adjacent to an activating group) is 1. The normalized spacial score (nSPS) is 17.5. The third-order valence-electron chi connectivity index (χ3n) is 3.67. The summed E-state index contributed by atoms with van der Waals surface area (Å²) in [5, 5.41) is 0. The summed E-state index contributed by atoms with van der Waals surface area (Å²) in [6.07, 6.45) is 3.20. The van der Waals surface area contributed by atoms with Crippen LogP contribution in [0.5, 0.6) is 0 Å². The first-order chi connectivity index (χ1) is 9.15. The highest BCUT2D eigenvalue weighted by molar-refractivity contribution is 5.78. The zero-order valence-corrected chi connectivity index (χ0v) is 11.6. The van der Waals surface area contributed by atoms with E-state index < -0.39 is 0 Å². The first kappa shape index (κ1) is 13.9. The van der Waals surface area contributed by atoms with Crippen molar-refractivity contribution < 1.29 is 4.79 Å². The van der Waals surface area contributed by atoms with Gasteiger partial charge in [0.15, 0.2) is 0 Å². The molecule has 0 bridgehead atoms. The van der Waals surface area contributed by atoms with Crippen LogP contribution in [0.4, 0.5) is 5.69 Å². The Morgan fingerprint density at radius 3 is 2.68 bits per heavy atom. The fraction of sp³-hybridized carbons (Fsp3) is 0.533. The highest BCUT2D eigenvalue weighted by Crippen LogP contribution is 2.09. The number of carbonyl (C=O) groups excluding carboxylic acids is 1. The number of amides is 1. The smallest absolute Gasteiger partial charge is 0.236 e. The number of hydrogen-bond donors (Lipinski definition) is 1. The molecule has 1 aromatic rings. The molecule has 104 valence electrons. The van der Waals surface area contributed by atoms with Crippen molar-refractivity contribution in [1.29, 1.82) is 0 Å². The number of carbonyl (C=O) groups is 1. The van der Waals surface area contributed by atoms with Crippen LogP contribution in [0.3, 0.4) is 0 Å². The van der Waals surface area contributed by atoms with Gasteiger partial charge in [-0.1, -0.05) is 12.1 Å². The number of hydrogen-bond acceptors (Lipinski definition) is 3. The van der Waals surface area contributed by atoms with Gasteiger partial charge in [-0.15, -0.1) is 0 Å². The van der Waals surface area contributed by atoms with Crippen LogP contribution in [-0.4, -0.2) is 48.9 Å². The molecular formula is C15H23N3O. The molecule has 2 N–H and O–H groups in total. The molecule has 19 heavy (non-hydrogen) atoms. The van der Waals surface area contributed by atoms with Crippen LogP contribution in [-0.2, 0) is 11.2 Å². The zero-order chi connectivity index (χ0) is 13.7. The van der Waals surface area contributed by atoms with Gasteiger partial charge in [-0.05, 0) is 43.5 Å². The van der Waals surface area contributed by atoms with Crippen LogP contribution < -0.4 is 5.73 Å². The average Bonchev–Trinajstić information content (AvgIpc) is 2.55. The number of nitrogen functional groups attached to an aromatic ring is 1. The Kier molecular flexibility index (Phi) is 4.80. The molecule has 0 atom stereocenters. The van der Waals surface area contributed by atoms with E-state index in [1.54, 1.807) is 0 Å². The minimum absolute atomic E-state index is 0.241. The van der Waals surface area contributed by atoms with E-state index >= 15 is 0 Å². The second kappa shape index (κ2) is 6.57. The summed E-state index contributed by atoms with van der Waals surface area (Å²) >= 11 is 0. The highest BCUT2D eigenvalue weighted by atomic mass is 16.2. The SMILES string of the molecule is CN1CCCN(CCCc2ccc(N)cc2)CC1=O. The summed E-state index contributed by atoms with van der Waals surface area (Å²) in [6.45, 7) is 3.47. The van der Waals surface area contributed by atoms with Crippen molar-refractivity contribution in [2.24, 2.45) is 0 Å². The van der Waals surface area contributed by atoms with Crippen molar-refractivity contribution in [3.63, 3.8) is 0 Å². The van der Waals surface area contributed by atoms with Crippen LogP contribution >= 0.6 is 0 Å². The van der Waals surface area contributed by atoms with E-state index in [0.717, 1.165) is 44.6 Å². The van der Waals surface area contributed by atoms with Gasteiger partial charge in [-0.25, -0.2) is 0 Å². The van der Waals surface area contributed by atoms with Gasteiger partial charge in [0.2, 0.25) is 5.91 Å². The molecule has 1 aliphatic rings. The first-order valence-electron chi connectivity index (χ1n) is 6.96. The lowest BCUT2D eigenvalue weighted by molar-refractivity contribution is -0.129. The van der Waals surface area contributed by atoms with E-state index in [1.165, 1.54) is 5.56 Å². The molecule has 0 aliphatic carbocycles. The van der Waals surface area contributed by atoms with Gasteiger partial charge >= 0.3 is 0 Å². The van der Waals surface area contributed by atoms with Crippen molar-refractivity contribution in [2.45, 2.75) is 19.3 Å². The van der Waals surface area contributed by atoms with Gasteiger partial charge < -0.3 is 10.6 Å². The summed E-state index contributed by atoms with van der Waals surface area (Å²) < 4.78 is 0. The van der Waals surface area contributed by atoms with Gasteiger partial charge in [-0.3, -0.25) is 9.69 Å². The Bertz CT molecular complexity index is 416. The van der Waals surface area contributed by atoms with E-state index in [4.69, 9.17) is 5.73 Å². The minimum atomic E-state index is 0.241. The summed E-state index contributed by atoms with van der Waals surface area (Å²) in [5.41, 5.74) is 7.79. The van der Waals surface area contributed by atoms with Crippen LogP contribution in [0.25, 0.3) is 0 Å². The predicted octanol–water partition coefficient (Wildman–Crippen LogP) is 1.37. The maximum absolute atomic E-state index is 11.8. The minimum Gasteiger partial charge on any atom is -0.399 e.